The summed E-state index contributed by atoms with van der Waals surface area (Å²) < 4.78 is 10.6. The van der Waals surface area contributed by atoms with Crippen molar-refractivity contribution in [1.82, 2.24) is 0 Å². The molecule has 1 saturated heterocycles. The summed E-state index contributed by atoms with van der Waals surface area (Å²) in [4.78, 5) is 0. The largest absolute Gasteiger partial charge is 0.508 e. The number of ether oxygens (including phenoxy) is 2. The first-order valence-corrected chi connectivity index (χ1v) is 6.20. The maximum atomic E-state index is 9.82. The van der Waals surface area contributed by atoms with E-state index in [0.717, 1.165) is 5.56 Å². The number of phenolic OH excluding ortho intramolecular Hbond substituents is 1. The normalized spacial score (nSPS) is 34.0. The van der Waals surface area contributed by atoms with Crippen molar-refractivity contribution in [2.24, 2.45) is 0 Å². The van der Waals surface area contributed by atoms with Gasteiger partial charge in [0, 0.05) is 6.07 Å². The predicted molar refractivity (Wildman–Crippen MR) is 67.2 cm³/mol. The molecule has 7 heteroatoms. The Morgan fingerprint density at radius 2 is 1.80 bits per heavy atom. The molecule has 2 rings (SSSR count). The van der Waals surface area contributed by atoms with Gasteiger partial charge in [0.05, 0.1) is 6.61 Å². The molecule has 0 radical (unpaired) electrons. The van der Waals surface area contributed by atoms with Crippen molar-refractivity contribution < 1.29 is 35.0 Å². The highest BCUT2D eigenvalue weighted by atomic mass is 16.7. The Bertz CT molecular complexity index is 442. The zero-order valence-electron chi connectivity index (χ0n) is 10.9. The highest BCUT2D eigenvalue weighted by molar-refractivity contribution is 5.36. The molecule has 20 heavy (non-hydrogen) atoms. The smallest absolute Gasteiger partial charge is 0.229 e. The molecule has 0 bridgehead atoms. The summed E-state index contributed by atoms with van der Waals surface area (Å²) in [7, 11) is 0. The van der Waals surface area contributed by atoms with E-state index < -0.39 is 37.3 Å². The van der Waals surface area contributed by atoms with E-state index in [4.69, 9.17) is 14.6 Å². The van der Waals surface area contributed by atoms with Crippen LogP contribution in [0.4, 0.5) is 0 Å². The van der Waals surface area contributed by atoms with Crippen molar-refractivity contribution in [3.63, 3.8) is 0 Å². The Labute approximate surface area is 115 Å². The fourth-order valence-electron chi connectivity index (χ4n) is 2.10. The van der Waals surface area contributed by atoms with Gasteiger partial charge < -0.3 is 35.0 Å². The number of aromatic hydroxyl groups is 1. The lowest BCUT2D eigenvalue weighted by molar-refractivity contribution is -0.277. The van der Waals surface area contributed by atoms with Gasteiger partial charge in [-0.25, -0.2) is 0 Å². The molecule has 1 aliphatic rings. The van der Waals surface area contributed by atoms with E-state index in [-0.39, 0.29) is 11.5 Å². The third-order valence-electron chi connectivity index (χ3n) is 3.14. The average molecular weight is 286 g/mol. The van der Waals surface area contributed by atoms with Crippen LogP contribution in [0.15, 0.2) is 18.2 Å². The zero-order chi connectivity index (χ0) is 14.9. The first kappa shape index (κ1) is 15.0. The van der Waals surface area contributed by atoms with Crippen LogP contribution >= 0.6 is 0 Å². The lowest BCUT2D eigenvalue weighted by Gasteiger charge is -2.39. The summed E-state index contributed by atoms with van der Waals surface area (Å²) >= 11 is 0. The first-order chi connectivity index (χ1) is 9.42. The van der Waals surface area contributed by atoms with Gasteiger partial charge in [-0.15, -0.1) is 0 Å². The molecule has 1 fully saturated rings. The number of benzene rings is 1. The van der Waals surface area contributed by atoms with Crippen molar-refractivity contribution in [3.05, 3.63) is 23.8 Å². The van der Waals surface area contributed by atoms with Gasteiger partial charge in [-0.1, -0.05) is 0 Å². The summed E-state index contributed by atoms with van der Waals surface area (Å²) in [5.74, 6) is 0.233. The number of hydrogen-bond acceptors (Lipinski definition) is 7. The molecule has 7 nitrogen and oxygen atoms in total. The molecular formula is C13H18O7. The molecule has 0 aromatic heterocycles. The molecule has 5 N–H and O–H groups in total. The summed E-state index contributed by atoms with van der Waals surface area (Å²) in [6.07, 6.45) is -6.69. The van der Waals surface area contributed by atoms with Gasteiger partial charge in [0.1, 0.15) is 35.9 Å². The third-order valence-corrected chi connectivity index (χ3v) is 3.14. The van der Waals surface area contributed by atoms with Crippen LogP contribution in [0.5, 0.6) is 11.5 Å². The van der Waals surface area contributed by atoms with E-state index >= 15 is 0 Å². The summed E-state index contributed by atoms with van der Waals surface area (Å²) in [6, 6.07) is 4.47. The number of aliphatic hydroxyl groups excluding tert-OH is 4. The molecule has 0 saturated carbocycles. The molecule has 1 aromatic rings. The Morgan fingerprint density at radius 1 is 1.10 bits per heavy atom. The molecule has 1 heterocycles. The average Bonchev–Trinajstić information content (AvgIpc) is 2.38. The van der Waals surface area contributed by atoms with E-state index in [9.17, 15) is 20.4 Å². The molecule has 5 atom stereocenters. The van der Waals surface area contributed by atoms with Crippen LogP contribution in [0.2, 0.25) is 0 Å². The second-order valence-electron chi connectivity index (χ2n) is 4.82. The fraction of sp³-hybridized carbons (Fsp3) is 0.538. The maximum absolute atomic E-state index is 9.82. The highest BCUT2D eigenvalue weighted by Gasteiger charge is 2.44. The molecule has 112 valence electrons. The van der Waals surface area contributed by atoms with E-state index in [2.05, 4.69) is 0 Å². The molecule has 1 aliphatic heterocycles. The van der Waals surface area contributed by atoms with Crippen molar-refractivity contribution in [2.75, 3.05) is 6.61 Å². The standard InChI is InChI=1S/C13H18O7/c1-6-2-7(15)4-8(3-6)19-13-12(18)11(17)10(16)9(5-14)20-13/h2-4,9-18H,5H2,1H3/t9?,10-,11?,12+,13-/m1/s1. The molecule has 0 spiro atoms. The molecule has 0 aliphatic carbocycles. The van der Waals surface area contributed by atoms with Crippen molar-refractivity contribution >= 4 is 0 Å². The minimum absolute atomic E-state index is 0.00964. The van der Waals surface area contributed by atoms with E-state index in [1.54, 1.807) is 13.0 Å². The summed E-state index contributed by atoms with van der Waals surface area (Å²) in [5, 5.41) is 47.6. The van der Waals surface area contributed by atoms with Gasteiger partial charge in [0.25, 0.3) is 0 Å². The Morgan fingerprint density at radius 3 is 2.40 bits per heavy atom. The monoisotopic (exact) mass is 286 g/mol. The lowest BCUT2D eigenvalue weighted by atomic mass is 9.99. The maximum Gasteiger partial charge on any atom is 0.229 e. The van der Waals surface area contributed by atoms with Gasteiger partial charge in [-0.2, -0.15) is 0 Å². The molecule has 2 unspecified atom stereocenters. The lowest BCUT2D eigenvalue weighted by Crippen LogP contribution is -2.60. The Hall–Kier alpha value is -1.38. The first-order valence-electron chi connectivity index (χ1n) is 6.20. The molecular weight excluding hydrogens is 268 g/mol. The van der Waals surface area contributed by atoms with Crippen LogP contribution < -0.4 is 4.74 Å². The zero-order valence-corrected chi connectivity index (χ0v) is 10.9. The number of aliphatic hydroxyl groups is 4. The van der Waals surface area contributed by atoms with Gasteiger partial charge in [-0.05, 0) is 24.6 Å². The Kier molecular flexibility index (Phi) is 4.46. The second kappa shape index (κ2) is 5.94. The van der Waals surface area contributed by atoms with Crippen LogP contribution in [-0.4, -0.2) is 62.8 Å². The van der Waals surface area contributed by atoms with Crippen LogP contribution in [0, 0.1) is 6.92 Å². The van der Waals surface area contributed by atoms with Gasteiger partial charge in [-0.3, -0.25) is 0 Å². The van der Waals surface area contributed by atoms with E-state index in [1.807, 2.05) is 0 Å². The SMILES string of the molecule is Cc1cc(O)cc(O[C@@H]2OC(CO)[C@@H](O)C(O)[C@@H]2O)c1. The third kappa shape index (κ3) is 3.02. The number of phenols is 1. The highest BCUT2D eigenvalue weighted by Crippen LogP contribution is 2.27. The van der Waals surface area contributed by atoms with Crippen LogP contribution in [0.1, 0.15) is 5.56 Å². The van der Waals surface area contributed by atoms with Crippen molar-refractivity contribution in [3.8, 4) is 11.5 Å². The molecule has 0 amide bonds. The summed E-state index contributed by atoms with van der Waals surface area (Å²) in [5.41, 5.74) is 0.740. The van der Waals surface area contributed by atoms with Crippen molar-refractivity contribution in [2.45, 2.75) is 37.6 Å². The summed E-state index contributed by atoms with van der Waals surface area (Å²) in [6.45, 7) is 1.23. The van der Waals surface area contributed by atoms with E-state index in [0.29, 0.717) is 0 Å². The van der Waals surface area contributed by atoms with Gasteiger partial charge >= 0.3 is 0 Å². The fourth-order valence-corrected chi connectivity index (χ4v) is 2.10. The van der Waals surface area contributed by atoms with Gasteiger partial charge in [0.15, 0.2) is 0 Å². The Balaban J connectivity index is 2.15. The minimum atomic E-state index is -1.50. The molecule has 1 aromatic carbocycles. The second-order valence-corrected chi connectivity index (χ2v) is 4.82. The van der Waals surface area contributed by atoms with E-state index in [1.165, 1.54) is 12.1 Å². The predicted octanol–water partition coefficient (Wildman–Crippen LogP) is -1.12. The quantitative estimate of drug-likeness (QED) is 0.477. The topological polar surface area (TPSA) is 120 Å². The van der Waals surface area contributed by atoms with Crippen molar-refractivity contribution in [1.29, 1.82) is 0 Å². The van der Waals surface area contributed by atoms with Crippen LogP contribution in [0.25, 0.3) is 0 Å². The number of aryl methyl sites for hydroxylation is 1. The van der Waals surface area contributed by atoms with Crippen LogP contribution in [0.3, 0.4) is 0 Å². The minimum Gasteiger partial charge on any atom is -0.508 e. The number of rotatable bonds is 3. The van der Waals surface area contributed by atoms with Crippen LogP contribution in [-0.2, 0) is 4.74 Å². The van der Waals surface area contributed by atoms with Gasteiger partial charge in [0.2, 0.25) is 6.29 Å². The number of hydrogen-bond donors (Lipinski definition) is 5.